The van der Waals surface area contributed by atoms with E-state index in [2.05, 4.69) is 26.2 Å². The van der Waals surface area contributed by atoms with Gasteiger partial charge in [0.2, 0.25) is 0 Å². The van der Waals surface area contributed by atoms with Gasteiger partial charge >= 0.3 is 0 Å². The average Bonchev–Trinajstić information content (AvgIpc) is 2.43. The van der Waals surface area contributed by atoms with Gasteiger partial charge in [-0.15, -0.1) is 0 Å². The van der Waals surface area contributed by atoms with Crippen LogP contribution in [-0.4, -0.2) is 22.8 Å². The molecular weight excluding hydrogens is 292 g/mol. The first-order chi connectivity index (χ1) is 8.81. The number of alkyl halides is 1. The van der Waals surface area contributed by atoms with E-state index in [1.165, 1.54) is 0 Å². The smallest absolute Gasteiger partial charge is 0.269 e. The second kappa shape index (κ2) is 6.50. The summed E-state index contributed by atoms with van der Waals surface area (Å²) in [5, 5.41) is 5.93. The minimum atomic E-state index is -0.102. The first-order valence-electron chi connectivity index (χ1n) is 6.00. The van der Waals surface area contributed by atoms with Crippen molar-refractivity contribution in [1.82, 2.24) is 10.3 Å². The number of nitrogens with zero attached hydrogens (tertiary/aromatic N) is 1. The first-order valence-corrected chi connectivity index (χ1v) is 7.12. The number of hydrogen-bond acceptors (Lipinski definition) is 2. The molecular formula is C14H15BrN2O. The molecule has 1 heterocycles. The second-order valence-electron chi connectivity index (χ2n) is 4.07. The maximum Gasteiger partial charge on any atom is 0.269 e. The molecule has 0 atom stereocenters. The minimum absolute atomic E-state index is 0.102. The number of carbonyl (C=O) groups is 1. The van der Waals surface area contributed by atoms with E-state index in [1.807, 2.05) is 30.3 Å². The van der Waals surface area contributed by atoms with Crippen LogP contribution in [0, 0.1) is 0 Å². The SMILES string of the molecule is O=C(NCCCCBr)c1cc2ccccc2cn1. The molecule has 1 aromatic heterocycles. The third-order valence-electron chi connectivity index (χ3n) is 2.71. The van der Waals surface area contributed by atoms with Gasteiger partial charge in [0.15, 0.2) is 0 Å². The maximum absolute atomic E-state index is 11.9. The van der Waals surface area contributed by atoms with Crippen molar-refractivity contribution >= 4 is 32.6 Å². The summed E-state index contributed by atoms with van der Waals surface area (Å²) in [6.45, 7) is 0.693. The van der Waals surface area contributed by atoms with E-state index in [1.54, 1.807) is 6.20 Å². The highest BCUT2D eigenvalue weighted by molar-refractivity contribution is 9.09. The van der Waals surface area contributed by atoms with Gasteiger partial charge in [0.1, 0.15) is 5.69 Å². The van der Waals surface area contributed by atoms with Crippen LogP contribution >= 0.6 is 15.9 Å². The summed E-state index contributed by atoms with van der Waals surface area (Å²) in [4.78, 5) is 16.1. The van der Waals surface area contributed by atoms with E-state index in [9.17, 15) is 4.79 Å². The zero-order valence-electron chi connectivity index (χ0n) is 10.0. The van der Waals surface area contributed by atoms with E-state index in [0.717, 1.165) is 28.9 Å². The summed E-state index contributed by atoms with van der Waals surface area (Å²) in [7, 11) is 0. The zero-order chi connectivity index (χ0) is 12.8. The van der Waals surface area contributed by atoms with E-state index in [4.69, 9.17) is 0 Å². The third-order valence-corrected chi connectivity index (χ3v) is 3.27. The lowest BCUT2D eigenvalue weighted by Crippen LogP contribution is -2.25. The first kappa shape index (κ1) is 13.0. The van der Waals surface area contributed by atoms with E-state index in [-0.39, 0.29) is 5.91 Å². The van der Waals surface area contributed by atoms with Crippen LogP contribution in [0.3, 0.4) is 0 Å². The van der Waals surface area contributed by atoms with Crippen molar-refractivity contribution < 1.29 is 4.79 Å². The molecule has 0 fully saturated rings. The highest BCUT2D eigenvalue weighted by Crippen LogP contribution is 2.13. The Bertz CT molecular complexity index is 542. The number of carbonyl (C=O) groups excluding carboxylic acids is 1. The second-order valence-corrected chi connectivity index (χ2v) is 4.86. The predicted molar refractivity (Wildman–Crippen MR) is 77.1 cm³/mol. The predicted octanol–water partition coefficient (Wildman–Crippen LogP) is 3.14. The highest BCUT2D eigenvalue weighted by Gasteiger charge is 2.06. The summed E-state index contributed by atoms with van der Waals surface area (Å²) < 4.78 is 0. The number of amides is 1. The Kier molecular flexibility index (Phi) is 4.70. The van der Waals surface area contributed by atoms with Crippen LogP contribution in [0.4, 0.5) is 0 Å². The van der Waals surface area contributed by atoms with Gasteiger partial charge in [0, 0.05) is 23.5 Å². The topological polar surface area (TPSA) is 42.0 Å². The van der Waals surface area contributed by atoms with Crippen molar-refractivity contribution in [2.45, 2.75) is 12.8 Å². The molecule has 1 N–H and O–H groups in total. The van der Waals surface area contributed by atoms with Crippen LogP contribution in [0.5, 0.6) is 0 Å². The summed E-state index contributed by atoms with van der Waals surface area (Å²) in [6.07, 6.45) is 3.78. The van der Waals surface area contributed by atoms with Gasteiger partial charge in [-0.3, -0.25) is 9.78 Å². The van der Waals surface area contributed by atoms with Gasteiger partial charge in [-0.25, -0.2) is 0 Å². The Hall–Kier alpha value is -1.42. The molecule has 94 valence electrons. The molecule has 0 aliphatic heterocycles. The average molecular weight is 307 g/mol. The normalized spacial score (nSPS) is 10.5. The van der Waals surface area contributed by atoms with Crippen LogP contribution in [0.2, 0.25) is 0 Å². The number of pyridine rings is 1. The fourth-order valence-corrected chi connectivity index (χ4v) is 2.12. The van der Waals surface area contributed by atoms with Crippen molar-refractivity contribution in [3.63, 3.8) is 0 Å². The van der Waals surface area contributed by atoms with Crippen LogP contribution in [0.15, 0.2) is 36.5 Å². The minimum Gasteiger partial charge on any atom is -0.351 e. The molecule has 1 amide bonds. The lowest BCUT2D eigenvalue weighted by atomic mass is 10.1. The molecule has 0 aliphatic carbocycles. The Morgan fingerprint density at radius 2 is 2.00 bits per heavy atom. The molecule has 0 unspecified atom stereocenters. The standard InChI is InChI=1S/C14H15BrN2O/c15-7-3-4-8-16-14(18)13-9-11-5-1-2-6-12(11)10-17-13/h1-2,5-6,9-10H,3-4,7-8H2,(H,16,18). The van der Waals surface area contributed by atoms with Crippen LogP contribution < -0.4 is 5.32 Å². The Morgan fingerprint density at radius 3 is 2.78 bits per heavy atom. The molecule has 0 spiro atoms. The highest BCUT2D eigenvalue weighted by atomic mass is 79.9. The number of hydrogen-bond donors (Lipinski definition) is 1. The molecule has 18 heavy (non-hydrogen) atoms. The number of unbranched alkanes of at least 4 members (excludes halogenated alkanes) is 1. The zero-order valence-corrected chi connectivity index (χ0v) is 11.6. The Labute approximate surface area is 115 Å². The molecule has 4 heteroatoms. The molecule has 2 aromatic rings. The molecule has 1 aromatic carbocycles. The van der Waals surface area contributed by atoms with E-state index in [0.29, 0.717) is 12.2 Å². The summed E-state index contributed by atoms with van der Waals surface area (Å²) >= 11 is 3.36. The van der Waals surface area contributed by atoms with Crippen molar-refractivity contribution in [2.24, 2.45) is 0 Å². The number of halogens is 1. The van der Waals surface area contributed by atoms with Gasteiger partial charge in [-0.1, -0.05) is 40.2 Å². The molecule has 0 saturated carbocycles. The quantitative estimate of drug-likeness (QED) is 0.681. The van der Waals surface area contributed by atoms with E-state index < -0.39 is 0 Å². The number of fused-ring (bicyclic) bond motifs is 1. The van der Waals surface area contributed by atoms with Gasteiger partial charge in [-0.05, 0) is 24.3 Å². The fraction of sp³-hybridized carbons (Fsp3) is 0.286. The number of nitrogens with one attached hydrogen (secondary N) is 1. The number of aromatic nitrogens is 1. The molecule has 2 rings (SSSR count). The van der Waals surface area contributed by atoms with Crippen molar-refractivity contribution in [1.29, 1.82) is 0 Å². The van der Waals surface area contributed by atoms with Gasteiger partial charge < -0.3 is 5.32 Å². The molecule has 0 saturated heterocycles. The monoisotopic (exact) mass is 306 g/mol. The summed E-state index contributed by atoms with van der Waals surface area (Å²) in [6, 6.07) is 9.72. The van der Waals surface area contributed by atoms with Gasteiger partial charge in [0.25, 0.3) is 5.91 Å². The summed E-state index contributed by atoms with van der Waals surface area (Å²) in [5.74, 6) is -0.102. The fourth-order valence-electron chi connectivity index (χ4n) is 1.72. The molecule has 3 nitrogen and oxygen atoms in total. The maximum atomic E-state index is 11.9. The van der Waals surface area contributed by atoms with E-state index >= 15 is 0 Å². The van der Waals surface area contributed by atoms with Crippen LogP contribution in [-0.2, 0) is 0 Å². The lowest BCUT2D eigenvalue weighted by molar-refractivity contribution is 0.0948. The van der Waals surface area contributed by atoms with Gasteiger partial charge in [-0.2, -0.15) is 0 Å². The summed E-state index contributed by atoms with van der Waals surface area (Å²) in [5.41, 5.74) is 0.479. The van der Waals surface area contributed by atoms with Gasteiger partial charge in [0.05, 0.1) is 0 Å². The molecule has 0 bridgehead atoms. The van der Waals surface area contributed by atoms with Crippen molar-refractivity contribution in [3.05, 3.63) is 42.2 Å². The lowest BCUT2D eigenvalue weighted by Gasteiger charge is -2.05. The third kappa shape index (κ3) is 3.29. The molecule has 0 radical (unpaired) electrons. The number of rotatable bonds is 5. The number of benzene rings is 1. The largest absolute Gasteiger partial charge is 0.351 e. The van der Waals surface area contributed by atoms with Crippen LogP contribution in [0.25, 0.3) is 10.8 Å². The Morgan fingerprint density at radius 1 is 1.22 bits per heavy atom. The van der Waals surface area contributed by atoms with Crippen molar-refractivity contribution in [2.75, 3.05) is 11.9 Å². The van der Waals surface area contributed by atoms with Crippen molar-refractivity contribution in [3.8, 4) is 0 Å². The van der Waals surface area contributed by atoms with Crippen LogP contribution in [0.1, 0.15) is 23.3 Å². The molecule has 0 aliphatic rings. The Balaban J connectivity index is 2.04.